The van der Waals surface area contributed by atoms with Gasteiger partial charge in [0.15, 0.2) is 0 Å². The lowest BCUT2D eigenvalue weighted by Crippen LogP contribution is -2.23. The summed E-state index contributed by atoms with van der Waals surface area (Å²) in [5.41, 5.74) is 2.07. The largest absolute Gasteiger partial charge is 0.310 e. The van der Waals surface area contributed by atoms with E-state index >= 15 is 0 Å². The van der Waals surface area contributed by atoms with Crippen LogP contribution in [0.3, 0.4) is 0 Å². The SMILES string of the molecule is CSC(C)C(=O)Nc1cc(C2CCCC2)nn1-c1ccccc1. The van der Waals surface area contributed by atoms with Crippen LogP contribution >= 0.6 is 11.8 Å². The molecule has 3 rings (SSSR count). The number of amides is 1. The predicted molar refractivity (Wildman–Crippen MR) is 96.4 cm³/mol. The molecule has 1 aliphatic carbocycles. The van der Waals surface area contributed by atoms with Crippen LogP contribution in [0.15, 0.2) is 36.4 Å². The number of carbonyl (C=O) groups is 1. The van der Waals surface area contributed by atoms with E-state index in [1.807, 2.05) is 54.3 Å². The summed E-state index contributed by atoms with van der Waals surface area (Å²) in [5.74, 6) is 1.31. The average molecular weight is 329 g/mol. The first-order valence-corrected chi connectivity index (χ1v) is 9.47. The Morgan fingerprint density at radius 3 is 2.65 bits per heavy atom. The standard InChI is InChI=1S/C18H23N3OS/c1-13(23-2)18(22)19-17-12-16(14-8-6-7-9-14)20-21(17)15-10-4-3-5-11-15/h3-5,10-14H,6-9H2,1-2H3,(H,19,22). The second-order valence-corrected chi connectivity index (χ2v) is 7.23. The number of benzene rings is 1. The first-order valence-electron chi connectivity index (χ1n) is 8.18. The smallest absolute Gasteiger partial charge is 0.238 e. The van der Waals surface area contributed by atoms with E-state index < -0.39 is 0 Å². The molecule has 0 aliphatic heterocycles. The third-order valence-corrected chi connectivity index (χ3v) is 5.40. The Balaban J connectivity index is 1.93. The molecule has 2 aromatic rings. The van der Waals surface area contributed by atoms with Crippen LogP contribution in [0.4, 0.5) is 5.82 Å². The minimum atomic E-state index is -0.0796. The molecular formula is C18H23N3OS. The van der Waals surface area contributed by atoms with Gasteiger partial charge in [0.25, 0.3) is 0 Å². The quantitative estimate of drug-likeness (QED) is 0.893. The Hall–Kier alpha value is -1.75. The summed E-state index contributed by atoms with van der Waals surface area (Å²) >= 11 is 1.54. The Morgan fingerprint density at radius 1 is 1.30 bits per heavy atom. The van der Waals surface area contributed by atoms with Gasteiger partial charge in [0.1, 0.15) is 5.82 Å². The van der Waals surface area contributed by atoms with Crippen LogP contribution in [-0.4, -0.2) is 27.2 Å². The number of hydrogen-bond donors (Lipinski definition) is 1. The van der Waals surface area contributed by atoms with Crippen molar-refractivity contribution in [1.82, 2.24) is 9.78 Å². The molecule has 4 nitrogen and oxygen atoms in total. The number of nitrogens with one attached hydrogen (secondary N) is 1. The minimum absolute atomic E-state index is 0.0209. The highest BCUT2D eigenvalue weighted by atomic mass is 32.2. The summed E-state index contributed by atoms with van der Waals surface area (Å²) in [6, 6.07) is 12.0. The topological polar surface area (TPSA) is 46.9 Å². The highest BCUT2D eigenvalue weighted by Crippen LogP contribution is 2.35. The van der Waals surface area contributed by atoms with E-state index in [-0.39, 0.29) is 11.2 Å². The molecule has 1 heterocycles. The normalized spacial score (nSPS) is 16.4. The van der Waals surface area contributed by atoms with Crippen molar-refractivity contribution in [1.29, 1.82) is 0 Å². The molecule has 5 heteroatoms. The molecule has 0 radical (unpaired) electrons. The number of para-hydroxylation sites is 1. The summed E-state index contributed by atoms with van der Waals surface area (Å²) in [5, 5.41) is 7.76. The Kier molecular flexibility index (Phi) is 5.06. The Bertz CT molecular complexity index is 662. The van der Waals surface area contributed by atoms with Crippen molar-refractivity contribution in [3.05, 3.63) is 42.1 Å². The second-order valence-electron chi connectivity index (χ2n) is 6.05. The molecule has 1 atom stereocenters. The van der Waals surface area contributed by atoms with Gasteiger partial charge in [0.05, 0.1) is 16.6 Å². The zero-order valence-electron chi connectivity index (χ0n) is 13.7. The molecule has 0 saturated heterocycles. The van der Waals surface area contributed by atoms with Crippen LogP contribution in [-0.2, 0) is 4.79 Å². The van der Waals surface area contributed by atoms with E-state index in [9.17, 15) is 4.79 Å². The monoisotopic (exact) mass is 329 g/mol. The average Bonchev–Trinajstić information content (AvgIpc) is 3.24. The van der Waals surface area contributed by atoms with Gasteiger partial charge in [-0.05, 0) is 38.2 Å². The maximum absolute atomic E-state index is 12.3. The number of aromatic nitrogens is 2. The fourth-order valence-electron chi connectivity index (χ4n) is 3.01. The van der Waals surface area contributed by atoms with Crippen LogP contribution in [0.5, 0.6) is 0 Å². The van der Waals surface area contributed by atoms with Gasteiger partial charge in [0.2, 0.25) is 5.91 Å². The third kappa shape index (κ3) is 3.61. The number of anilines is 1. The second kappa shape index (κ2) is 7.21. The number of carbonyl (C=O) groups excluding carboxylic acids is 1. The first-order chi connectivity index (χ1) is 11.2. The lowest BCUT2D eigenvalue weighted by Gasteiger charge is -2.11. The molecule has 23 heavy (non-hydrogen) atoms. The van der Waals surface area contributed by atoms with Crippen molar-refractivity contribution in [3.8, 4) is 5.69 Å². The third-order valence-electron chi connectivity index (χ3n) is 4.48. The van der Waals surface area contributed by atoms with Gasteiger partial charge in [-0.25, -0.2) is 4.68 Å². The fraction of sp³-hybridized carbons (Fsp3) is 0.444. The lowest BCUT2D eigenvalue weighted by atomic mass is 10.0. The summed E-state index contributed by atoms with van der Waals surface area (Å²) in [6.07, 6.45) is 6.88. The number of hydrogen-bond acceptors (Lipinski definition) is 3. The van der Waals surface area contributed by atoms with Crippen LogP contribution < -0.4 is 5.32 Å². The maximum Gasteiger partial charge on any atom is 0.238 e. The van der Waals surface area contributed by atoms with Gasteiger partial charge < -0.3 is 5.32 Å². The lowest BCUT2D eigenvalue weighted by molar-refractivity contribution is -0.115. The van der Waals surface area contributed by atoms with Crippen molar-refractivity contribution >= 4 is 23.5 Å². The first kappa shape index (κ1) is 16.1. The molecule has 1 unspecified atom stereocenters. The number of nitrogens with zero attached hydrogens (tertiary/aromatic N) is 2. The number of rotatable bonds is 5. The molecule has 0 spiro atoms. The van der Waals surface area contributed by atoms with Crippen LogP contribution in [0.1, 0.15) is 44.2 Å². The van der Waals surface area contributed by atoms with Crippen molar-refractivity contribution in [2.75, 3.05) is 11.6 Å². The molecule has 1 saturated carbocycles. The van der Waals surface area contributed by atoms with E-state index in [0.717, 1.165) is 17.2 Å². The highest BCUT2D eigenvalue weighted by molar-refractivity contribution is 7.99. The van der Waals surface area contributed by atoms with Gasteiger partial charge in [0, 0.05) is 12.0 Å². The van der Waals surface area contributed by atoms with Gasteiger partial charge in [-0.3, -0.25) is 4.79 Å². The Labute approximate surface area is 141 Å². The van der Waals surface area contributed by atoms with E-state index in [2.05, 4.69) is 5.32 Å². The van der Waals surface area contributed by atoms with E-state index in [1.54, 1.807) is 11.8 Å². The van der Waals surface area contributed by atoms with Gasteiger partial charge in [-0.15, -0.1) is 0 Å². The molecule has 1 aromatic heterocycles. The van der Waals surface area contributed by atoms with Gasteiger partial charge in [-0.2, -0.15) is 16.9 Å². The molecular weight excluding hydrogens is 306 g/mol. The van der Waals surface area contributed by atoms with Crippen molar-refractivity contribution < 1.29 is 4.79 Å². The zero-order valence-corrected chi connectivity index (χ0v) is 14.5. The summed E-state index contributed by atoms with van der Waals surface area (Å²) < 4.78 is 1.86. The molecule has 1 amide bonds. The van der Waals surface area contributed by atoms with E-state index in [1.165, 1.54) is 25.7 Å². The summed E-state index contributed by atoms with van der Waals surface area (Å²) in [4.78, 5) is 12.3. The molecule has 1 aromatic carbocycles. The highest BCUT2D eigenvalue weighted by Gasteiger charge is 2.23. The molecule has 1 aliphatic rings. The van der Waals surface area contributed by atoms with Gasteiger partial charge in [-0.1, -0.05) is 31.0 Å². The van der Waals surface area contributed by atoms with Crippen LogP contribution in [0.2, 0.25) is 0 Å². The van der Waals surface area contributed by atoms with Crippen molar-refractivity contribution in [3.63, 3.8) is 0 Å². The van der Waals surface area contributed by atoms with E-state index in [4.69, 9.17) is 5.10 Å². The summed E-state index contributed by atoms with van der Waals surface area (Å²) in [7, 11) is 0. The fourth-order valence-corrected chi connectivity index (χ4v) is 3.28. The van der Waals surface area contributed by atoms with Gasteiger partial charge >= 0.3 is 0 Å². The maximum atomic E-state index is 12.3. The molecule has 0 bridgehead atoms. The minimum Gasteiger partial charge on any atom is -0.310 e. The van der Waals surface area contributed by atoms with Crippen LogP contribution in [0, 0.1) is 0 Å². The predicted octanol–water partition coefficient (Wildman–Crippen LogP) is 4.22. The van der Waals surface area contributed by atoms with Crippen molar-refractivity contribution in [2.45, 2.75) is 43.8 Å². The summed E-state index contributed by atoms with van der Waals surface area (Å²) in [6.45, 7) is 1.92. The molecule has 122 valence electrons. The zero-order chi connectivity index (χ0) is 16.2. The number of thioether (sulfide) groups is 1. The Morgan fingerprint density at radius 2 is 2.00 bits per heavy atom. The molecule has 1 N–H and O–H groups in total. The van der Waals surface area contributed by atoms with E-state index in [0.29, 0.717) is 5.92 Å². The van der Waals surface area contributed by atoms with Crippen LogP contribution in [0.25, 0.3) is 5.69 Å². The molecule has 1 fully saturated rings. The van der Waals surface area contributed by atoms with Crippen molar-refractivity contribution in [2.24, 2.45) is 0 Å².